The van der Waals surface area contributed by atoms with Gasteiger partial charge in [0.2, 0.25) is 0 Å². The second kappa shape index (κ2) is 14.3. The minimum Gasteiger partial charge on any atom is -0.857 e. The van der Waals surface area contributed by atoms with Gasteiger partial charge in [-0.05, 0) is 79.1 Å². The normalized spacial score (nSPS) is 11.2. The molecule has 0 saturated heterocycles. The Bertz CT molecular complexity index is 1760. The summed E-state index contributed by atoms with van der Waals surface area (Å²) in [6.45, 7) is 0.193. The minimum absolute atomic E-state index is 0.177. The van der Waals surface area contributed by atoms with Gasteiger partial charge in [0.05, 0.1) is 10.5 Å². The number of ether oxygens (including phenoxy) is 1. The third-order valence-corrected chi connectivity index (χ3v) is 7.57. The van der Waals surface area contributed by atoms with E-state index in [0.29, 0.717) is 46.4 Å². The molecule has 0 bridgehead atoms. The van der Waals surface area contributed by atoms with Crippen LogP contribution in [0.1, 0.15) is 24.2 Å². The van der Waals surface area contributed by atoms with Gasteiger partial charge < -0.3 is 19.6 Å². The lowest BCUT2D eigenvalue weighted by Crippen LogP contribution is -2.02. The lowest BCUT2D eigenvalue weighted by molar-refractivity contribution is -0.325. The summed E-state index contributed by atoms with van der Waals surface area (Å²) in [5.74, 6) is 2.46. The van der Waals surface area contributed by atoms with E-state index < -0.39 is 9.84 Å². The van der Waals surface area contributed by atoms with Crippen molar-refractivity contribution in [1.29, 1.82) is 0 Å². The van der Waals surface area contributed by atoms with Gasteiger partial charge in [0, 0.05) is 35.1 Å². The minimum atomic E-state index is -2.96. The maximum atomic E-state index is 13.4. The van der Waals surface area contributed by atoms with Crippen molar-refractivity contribution in [3.8, 4) is 17.1 Å². The molecule has 2 heterocycles. The molecule has 0 unspecified atom stereocenters. The molecule has 8 nitrogen and oxygen atoms in total. The monoisotopic (exact) mass is 610 g/mol. The van der Waals surface area contributed by atoms with Crippen molar-refractivity contribution in [2.24, 2.45) is 0 Å². The fraction of sp³-hybridized carbons (Fsp3) is 0.226. The highest BCUT2D eigenvalue weighted by Gasteiger charge is 2.12. The number of sulfone groups is 1. The van der Waals surface area contributed by atoms with E-state index in [-0.39, 0.29) is 18.2 Å². The fourth-order valence-corrected chi connectivity index (χ4v) is 5.22. The Morgan fingerprint density at radius 2 is 1.83 bits per heavy atom. The maximum Gasteiger partial charge on any atom is 0.147 e. The fourth-order valence-electron chi connectivity index (χ4n) is 4.26. The summed E-state index contributed by atoms with van der Waals surface area (Å²) < 4.78 is 47.9. The van der Waals surface area contributed by atoms with Gasteiger partial charge in [-0.1, -0.05) is 23.7 Å². The quantitative estimate of drug-likeness (QED) is 0.172. The first kappa shape index (κ1) is 31.0. The van der Waals surface area contributed by atoms with Gasteiger partial charge in [-0.2, -0.15) is 7.11 Å². The van der Waals surface area contributed by atoms with Crippen LogP contribution in [0.5, 0.6) is 5.75 Å². The Balaban J connectivity index is 0.00000198. The summed E-state index contributed by atoms with van der Waals surface area (Å²) in [6.07, 6.45) is 4.74. The molecule has 5 rings (SSSR count). The number of aromatic nitrogens is 2. The zero-order chi connectivity index (χ0) is 30.1. The van der Waals surface area contributed by atoms with Crippen LogP contribution in [-0.2, 0) is 22.9 Å². The van der Waals surface area contributed by atoms with E-state index in [9.17, 15) is 12.8 Å². The largest absolute Gasteiger partial charge is 0.857 e. The van der Waals surface area contributed by atoms with Gasteiger partial charge in [0.1, 0.15) is 51.7 Å². The molecular formula is C31H30ClFN3O5S-. The molecule has 2 aromatic heterocycles. The van der Waals surface area contributed by atoms with Gasteiger partial charge in [0.25, 0.3) is 0 Å². The molecule has 0 fully saturated rings. The molecule has 220 valence electrons. The van der Waals surface area contributed by atoms with Crippen molar-refractivity contribution >= 4 is 43.8 Å². The first-order valence-electron chi connectivity index (χ1n) is 13.1. The predicted octanol–water partition coefficient (Wildman–Crippen LogP) is 6.35. The Hall–Kier alpha value is -3.99. The number of benzene rings is 3. The Labute approximate surface area is 249 Å². The van der Waals surface area contributed by atoms with Crippen molar-refractivity contribution in [2.75, 3.05) is 24.4 Å². The molecule has 0 amide bonds. The summed E-state index contributed by atoms with van der Waals surface area (Å²) in [5.41, 5.74) is 3.04. The van der Waals surface area contributed by atoms with E-state index in [1.165, 1.54) is 24.7 Å². The SMILES string of the molecule is CS(=O)(=O)CCCCc1ccc(-c2ccc3ncnc(Nc4ccc(OCc5cccc(F)c5)c(Cl)c4)c3c2)o1.C[O-]. The summed E-state index contributed by atoms with van der Waals surface area (Å²) in [4.78, 5) is 8.82. The second-order valence-electron chi connectivity index (χ2n) is 9.50. The highest BCUT2D eigenvalue weighted by molar-refractivity contribution is 7.90. The van der Waals surface area contributed by atoms with E-state index in [1.807, 2.05) is 36.4 Å². The topological polar surface area (TPSA) is 117 Å². The summed E-state index contributed by atoms with van der Waals surface area (Å²) >= 11 is 6.47. The second-order valence-corrected chi connectivity index (χ2v) is 12.2. The van der Waals surface area contributed by atoms with Gasteiger partial charge in [-0.25, -0.2) is 22.8 Å². The van der Waals surface area contributed by atoms with E-state index in [0.717, 1.165) is 35.8 Å². The van der Waals surface area contributed by atoms with Crippen LogP contribution in [0.25, 0.3) is 22.2 Å². The molecule has 0 aliphatic heterocycles. The van der Waals surface area contributed by atoms with E-state index in [2.05, 4.69) is 15.3 Å². The van der Waals surface area contributed by atoms with Gasteiger partial charge in [0.15, 0.2) is 0 Å². The molecule has 42 heavy (non-hydrogen) atoms. The maximum absolute atomic E-state index is 13.4. The average molecular weight is 611 g/mol. The number of anilines is 2. The molecule has 0 saturated carbocycles. The predicted molar refractivity (Wildman–Crippen MR) is 161 cm³/mol. The van der Waals surface area contributed by atoms with E-state index in [4.69, 9.17) is 25.9 Å². The third kappa shape index (κ3) is 8.51. The molecule has 3 aromatic carbocycles. The standard InChI is InChI=1S/C30H27ClFN3O4S.CH3O/c1-40(36,37)14-3-2-7-24-10-13-28(39-24)21-8-11-27-25(16-21)30(34-19-33-27)35-23-9-12-29(26(31)17-23)38-18-20-5-4-6-22(32)15-20;1-2/h4-6,8-13,15-17,19H,2-3,7,14,18H2,1H3,(H,33,34,35);1H3/q;-1. The Kier molecular flexibility index (Phi) is 10.5. The molecule has 0 radical (unpaired) electrons. The van der Waals surface area contributed by atoms with Crippen LogP contribution in [0.15, 0.2) is 83.5 Å². The number of furan rings is 1. The number of aryl methyl sites for hydroxylation is 1. The molecule has 11 heteroatoms. The van der Waals surface area contributed by atoms with Crippen molar-refractivity contribution < 1.29 is 27.1 Å². The van der Waals surface area contributed by atoms with Crippen LogP contribution in [0.3, 0.4) is 0 Å². The first-order valence-corrected chi connectivity index (χ1v) is 15.5. The van der Waals surface area contributed by atoms with Crippen molar-refractivity contribution in [3.63, 3.8) is 0 Å². The molecule has 1 N–H and O–H groups in total. The summed E-state index contributed by atoms with van der Waals surface area (Å²) in [6, 6.07) is 21.2. The first-order chi connectivity index (χ1) is 20.2. The Morgan fingerprint density at radius 1 is 1.00 bits per heavy atom. The summed E-state index contributed by atoms with van der Waals surface area (Å²) in [7, 11) is -2.21. The Morgan fingerprint density at radius 3 is 2.60 bits per heavy atom. The highest BCUT2D eigenvalue weighted by Crippen LogP contribution is 2.33. The number of fused-ring (bicyclic) bond motifs is 1. The van der Waals surface area contributed by atoms with Gasteiger partial charge >= 0.3 is 0 Å². The van der Waals surface area contributed by atoms with Crippen molar-refractivity contribution in [3.05, 3.63) is 101 Å². The van der Waals surface area contributed by atoms with Crippen LogP contribution in [0.4, 0.5) is 15.9 Å². The van der Waals surface area contributed by atoms with Gasteiger partial charge in [-0.15, -0.1) is 0 Å². The highest BCUT2D eigenvalue weighted by atomic mass is 35.5. The average Bonchev–Trinajstić information content (AvgIpc) is 3.45. The van der Waals surface area contributed by atoms with Crippen molar-refractivity contribution in [1.82, 2.24) is 9.97 Å². The number of nitrogens with zero attached hydrogens (tertiary/aromatic N) is 2. The van der Waals surface area contributed by atoms with Crippen molar-refractivity contribution in [2.45, 2.75) is 25.9 Å². The molecular weight excluding hydrogens is 581 g/mol. The van der Waals surface area contributed by atoms with Gasteiger partial charge in [-0.3, -0.25) is 0 Å². The van der Waals surface area contributed by atoms with Crippen LogP contribution in [0.2, 0.25) is 5.02 Å². The summed E-state index contributed by atoms with van der Waals surface area (Å²) in [5, 5.41) is 12.8. The molecule has 0 aliphatic carbocycles. The molecule has 0 spiro atoms. The van der Waals surface area contributed by atoms with Crippen LogP contribution in [-0.4, -0.2) is 37.5 Å². The molecule has 5 aromatic rings. The lowest BCUT2D eigenvalue weighted by Gasteiger charge is -2.12. The van der Waals surface area contributed by atoms with E-state index >= 15 is 0 Å². The number of rotatable bonds is 11. The van der Waals surface area contributed by atoms with Crippen LogP contribution in [0, 0.1) is 5.82 Å². The number of halogens is 2. The smallest absolute Gasteiger partial charge is 0.147 e. The number of nitrogens with one attached hydrogen (secondary N) is 1. The lowest BCUT2D eigenvalue weighted by atomic mass is 10.1. The number of hydrogen-bond donors (Lipinski definition) is 1. The number of hydrogen-bond acceptors (Lipinski definition) is 8. The van der Waals surface area contributed by atoms with Crippen LogP contribution >= 0.6 is 11.6 Å². The molecule has 0 aliphatic rings. The zero-order valence-corrected chi connectivity index (χ0v) is 24.7. The van der Waals surface area contributed by atoms with Crippen LogP contribution < -0.4 is 15.2 Å². The third-order valence-electron chi connectivity index (χ3n) is 6.25. The molecule has 0 atom stereocenters. The zero-order valence-electron chi connectivity index (χ0n) is 23.1. The van der Waals surface area contributed by atoms with E-state index in [1.54, 1.807) is 24.3 Å². The number of unbranched alkanes of at least 4 members (excludes halogenated alkanes) is 1.